The van der Waals surface area contributed by atoms with Gasteiger partial charge < -0.3 is 25.0 Å². The maximum atomic E-state index is 11.3. The summed E-state index contributed by atoms with van der Waals surface area (Å²) in [7, 11) is 1.38. The Hall–Kier alpha value is -2.16. The first-order valence-corrected chi connectivity index (χ1v) is 5.13. The predicted molar refractivity (Wildman–Crippen MR) is 57.6 cm³/mol. The SMILES string of the molecule is COC(CNC(=O)NCc1ncon1)CC(=O)O. The number of methoxy groups -OCH3 is 1. The standard InChI is InChI=1S/C9H14N4O5/c1-17-6(2-8(14)15)3-10-9(16)11-4-7-12-5-18-13-7/h5-6H,2-4H2,1H3,(H,14,15)(H2,10,11,16). The Labute approximate surface area is 103 Å². The van der Waals surface area contributed by atoms with Crippen LogP contribution < -0.4 is 10.6 Å². The average Bonchev–Trinajstić information content (AvgIpc) is 2.84. The van der Waals surface area contributed by atoms with E-state index in [2.05, 4.69) is 25.3 Å². The van der Waals surface area contributed by atoms with Gasteiger partial charge in [0.25, 0.3) is 0 Å². The lowest BCUT2D eigenvalue weighted by Crippen LogP contribution is -2.40. The normalized spacial score (nSPS) is 11.8. The summed E-state index contributed by atoms with van der Waals surface area (Å²) >= 11 is 0. The number of ether oxygens (including phenoxy) is 1. The zero-order valence-electron chi connectivity index (χ0n) is 9.75. The van der Waals surface area contributed by atoms with E-state index >= 15 is 0 Å². The first-order valence-electron chi connectivity index (χ1n) is 5.13. The molecule has 9 heteroatoms. The molecule has 0 saturated heterocycles. The summed E-state index contributed by atoms with van der Waals surface area (Å²) in [5, 5.41) is 17.0. The molecule has 1 heterocycles. The van der Waals surface area contributed by atoms with Crippen molar-refractivity contribution in [3.8, 4) is 0 Å². The molecule has 1 unspecified atom stereocenters. The Balaban J connectivity index is 2.21. The molecule has 1 aromatic rings. The zero-order chi connectivity index (χ0) is 13.4. The number of aliphatic carboxylic acids is 1. The lowest BCUT2D eigenvalue weighted by molar-refractivity contribution is -0.139. The molecule has 0 aromatic carbocycles. The van der Waals surface area contributed by atoms with Crippen molar-refractivity contribution >= 4 is 12.0 Å². The van der Waals surface area contributed by atoms with Crippen molar-refractivity contribution in [3.63, 3.8) is 0 Å². The van der Waals surface area contributed by atoms with E-state index in [0.29, 0.717) is 5.82 Å². The number of carbonyl (C=O) groups excluding carboxylic acids is 1. The van der Waals surface area contributed by atoms with Crippen molar-refractivity contribution < 1.29 is 24.0 Å². The number of nitrogens with zero attached hydrogens (tertiary/aromatic N) is 2. The van der Waals surface area contributed by atoms with Crippen LogP contribution in [0.15, 0.2) is 10.9 Å². The Kier molecular flexibility index (Phi) is 5.58. The summed E-state index contributed by atoms with van der Waals surface area (Å²) in [6.45, 7) is 0.222. The van der Waals surface area contributed by atoms with E-state index in [1.807, 2.05) is 0 Å². The highest BCUT2D eigenvalue weighted by Crippen LogP contribution is 1.95. The van der Waals surface area contributed by atoms with Crippen molar-refractivity contribution in [2.75, 3.05) is 13.7 Å². The third-order valence-electron chi connectivity index (χ3n) is 2.04. The summed E-state index contributed by atoms with van der Waals surface area (Å²) in [5.41, 5.74) is 0. The summed E-state index contributed by atoms with van der Waals surface area (Å²) in [6, 6.07) is -0.466. The van der Waals surface area contributed by atoms with E-state index in [9.17, 15) is 9.59 Å². The van der Waals surface area contributed by atoms with Gasteiger partial charge in [0.1, 0.15) is 0 Å². The van der Waals surface area contributed by atoms with Crippen LogP contribution in [0.1, 0.15) is 12.2 Å². The van der Waals surface area contributed by atoms with Gasteiger partial charge in [-0.2, -0.15) is 4.98 Å². The number of aromatic nitrogens is 2. The minimum atomic E-state index is -0.990. The van der Waals surface area contributed by atoms with E-state index in [1.54, 1.807) is 0 Å². The minimum Gasteiger partial charge on any atom is -0.481 e. The van der Waals surface area contributed by atoms with Crippen molar-refractivity contribution in [3.05, 3.63) is 12.2 Å². The van der Waals surface area contributed by atoms with Crippen LogP contribution in [0.2, 0.25) is 0 Å². The summed E-state index contributed by atoms with van der Waals surface area (Å²) in [4.78, 5) is 25.5. The molecule has 9 nitrogen and oxygen atoms in total. The van der Waals surface area contributed by atoms with Crippen LogP contribution in [0.25, 0.3) is 0 Å². The molecule has 0 aliphatic heterocycles. The van der Waals surface area contributed by atoms with Crippen molar-refractivity contribution in [1.82, 2.24) is 20.8 Å². The van der Waals surface area contributed by atoms with E-state index in [1.165, 1.54) is 7.11 Å². The Bertz CT molecular complexity index is 380. The Morgan fingerprint density at radius 3 is 2.89 bits per heavy atom. The van der Waals surface area contributed by atoms with Crippen molar-refractivity contribution in [1.29, 1.82) is 0 Å². The first-order chi connectivity index (χ1) is 8.61. The number of hydrogen-bond acceptors (Lipinski definition) is 6. The molecule has 1 rings (SSSR count). The topological polar surface area (TPSA) is 127 Å². The highest BCUT2D eigenvalue weighted by atomic mass is 16.5. The Morgan fingerprint density at radius 2 is 2.33 bits per heavy atom. The van der Waals surface area contributed by atoms with Crippen molar-refractivity contribution in [2.24, 2.45) is 0 Å². The lowest BCUT2D eigenvalue weighted by atomic mass is 10.2. The van der Waals surface area contributed by atoms with E-state index in [0.717, 1.165) is 6.39 Å². The van der Waals surface area contributed by atoms with Gasteiger partial charge in [0.05, 0.1) is 19.1 Å². The highest BCUT2D eigenvalue weighted by Gasteiger charge is 2.13. The second-order valence-corrected chi connectivity index (χ2v) is 3.37. The fraction of sp³-hybridized carbons (Fsp3) is 0.556. The van der Waals surface area contributed by atoms with Gasteiger partial charge in [-0.25, -0.2) is 4.79 Å². The molecule has 0 radical (unpaired) electrons. The van der Waals surface area contributed by atoms with Gasteiger partial charge in [0.2, 0.25) is 6.39 Å². The maximum absolute atomic E-state index is 11.3. The van der Waals surface area contributed by atoms with E-state index in [-0.39, 0.29) is 19.5 Å². The minimum absolute atomic E-state index is 0.0981. The molecular weight excluding hydrogens is 244 g/mol. The van der Waals surface area contributed by atoms with Crippen LogP contribution in [0.3, 0.4) is 0 Å². The number of carboxylic acids is 1. The average molecular weight is 258 g/mol. The molecule has 0 fully saturated rings. The van der Waals surface area contributed by atoms with Crippen LogP contribution >= 0.6 is 0 Å². The monoisotopic (exact) mass is 258 g/mol. The zero-order valence-corrected chi connectivity index (χ0v) is 9.75. The van der Waals surface area contributed by atoms with Crippen LogP contribution in [-0.2, 0) is 16.1 Å². The summed E-state index contributed by atoms with van der Waals surface area (Å²) < 4.78 is 9.39. The molecule has 0 bridgehead atoms. The lowest BCUT2D eigenvalue weighted by Gasteiger charge is -2.13. The molecule has 100 valence electrons. The van der Waals surface area contributed by atoms with E-state index < -0.39 is 18.1 Å². The number of carboxylic acid groups (broad SMARTS) is 1. The van der Waals surface area contributed by atoms with E-state index in [4.69, 9.17) is 9.84 Å². The third kappa shape index (κ3) is 5.25. The number of urea groups is 1. The molecule has 0 spiro atoms. The number of amides is 2. The fourth-order valence-electron chi connectivity index (χ4n) is 1.13. The van der Waals surface area contributed by atoms with Gasteiger partial charge in [-0.3, -0.25) is 4.79 Å². The number of hydrogen-bond donors (Lipinski definition) is 3. The number of carbonyl (C=O) groups is 2. The Morgan fingerprint density at radius 1 is 1.56 bits per heavy atom. The molecule has 3 N–H and O–H groups in total. The number of rotatable bonds is 7. The quantitative estimate of drug-likeness (QED) is 0.593. The molecule has 0 saturated carbocycles. The highest BCUT2D eigenvalue weighted by molar-refractivity contribution is 5.74. The molecular formula is C9H14N4O5. The molecule has 1 aromatic heterocycles. The van der Waals surface area contributed by atoms with Gasteiger partial charge in [0.15, 0.2) is 5.82 Å². The molecule has 2 amide bonds. The van der Waals surface area contributed by atoms with Gasteiger partial charge in [-0.05, 0) is 0 Å². The fourth-order valence-corrected chi connectivity index (χ4v) is 1.13. The van der Waals surface area contributed by atoms with Crippen LogP contribution in [0, 0.1) is 0 Å². The molecule has 0 aliphatic rings. The largest absolute Gasteiger partial charge is 0.481 e. The van der Waals surface area contributed by atoms with Gasteiger partial charge in [-0.1, -0.05) is 5.16 Å². The van der Waals surface area contributed by atoms with Crippen molar-refractivity contribution in [2.45, 2.75) is 19.1 Å². The first kappa shape index (κ1) is 13.9. The summed E-state index contributed by atoms with van der Waals surface area (Å²) in [6.07, 6.45) is 0.406. The third-order valence-corrected chi connectivity index (χ3v) is 2.04. The molecule has 18 heavy (non-hydrogen) atoms. The van der Waals surface area contributed by atoms with Gasteiger partial charge in [0, 0.05) is 13.7 Å². The molecule has 0 aliphatic carbocycles. The second kappa shape index (κ2) is 7.22. The maximum Gasteiger partial charge on any atom is 0.315 e. The van der Waals surface area contributed by atoms with Gasteiger partial charge in [-0.15, -0.1) is 0 Å². The summed E-state index contributed by atoms with van der Waals surface area (Å²) in [5.74, 6) is -0.644. The second-order valence-electron chi connectivity index (χ2n) is 3.37. The number of nitrogens with one attached hydrogen (secondary N) is 2. The van der Waals surface area contributed by atoms with Crippen LogP contribution in [0.4, 0.5) is 4.79 Å². The smallest absolute Gasteiger partial charge is 0.315 e. The van der Waals surface area contributed by atoms with Crippen LogP contribution in [-0.4, -0.2) is 47.0 Å². The van der Waals surface area contributed by atoms with Crippen LogP contribution in [0.5, 0.6) is 0 Å². The molecule has 1 atom stereocenters. The van der Waals surface area contributed by atoms with Gasteiger partial charge >= 0.3 is 12.0 Å². The predicted octanol–water partition coefficient (Wildman–Crippen LogP) is -0.641.